The first kappa shape index (κ1) is 11.7. The maximum atomic E-state index is 2.29. The number of fused-ring (bicyclic) bond motifs is 3. The average molecular weight is 254 g/mol. The first-order valence-electron chi connectivity index (χ1n) is 6.46. The molecule has 0 N–H and O–H groups in total. The van der Waals surface area contributed by atoms with Crippen molar-refractivity contribution in [2.75, 3.05) is 0 Å². The molecule has 0 bridgehead atoms. The first-order chi connectivity index (χ1) is 8.57. The second-order valence-corrected chi connectivity index (χ2v) is 6.90. The van der Waals surface area contributed by atoms with E-state index in [1.54, 1.807) is 0 Å². The third-order valence-electron chi connectivity index (χ3n) is 3.42. The van der Waals surface area contributed by atoms with Gasteiger partial charge in [-0.2, -0.15) is 0 Å². The number of allylic oxidation sites excluding steroid dienone is 2. The summed E-state index contributed by atoms with van der Waals surface area (Å²) in [5.41, 5.74) is 3.06. The summed E-state index contributed by atoms with van der Waals surface area (Å²) < 4.78 is 1.45. The molecule has 0 nitrogen and oxygen atoms in total. The summed E-state index contributed by atoms with van der Waals surface area (Å²) in [6.45, 7) is 6.87. The zero-order chi connectivity index (χ0) is 12.8. The van der Waals surface area contributed by atoms with Gasteiger partial charge in [-0.3, -0.25) is 0 Å². The molecular formula is C17H18S. The lowest BCUT2D eigenvalue weighted by atomic mass is 9.86. The van der Waals surface area contributed by atoms with E-state index < -0.39 is 0 Å². The lowest BCUT2D eigenvalue weighted by Gasteiger charge is -2.19. The Kier molecular flexibility index (Phi) is 2.67. The van der Waals surface area contributed by atoms with Crippen LogP contribution in [0.1, 0.15) is 43.2 Å². The summed E-state index contributed by atoms with van der Waals surface area (Å²) in [5, 5.41) is 1.41. The van der Waals surface area contributed by atoms with Gasteiger partial charge in [0.25, 0.3) is 0 Å². The van der Waals surface area contributed by atoms with E-state index in [-0.39, 0.29) is 5.41 Å². The van der Waals surface area contributed by atoms with E-state index >= 15 is 0 Å². The Hall–Kier alpha value is -1.34. The van der Waals surface area contributed by atoms with Crippen molar-refractivity contribution in [2.24, 2.45) is 0 Å². The van der Waals surface area contributed by atoms with Crippen LogP contribution < -0.4 is 0 Å². The van der Waals surface area contributed by atoms with Crippen LogP contribution in [0.15, 0.2) is 30.4 Å². The molecule has 0 fully saturated rings. The molecule has 1 heteroatoms. The Morgan fingerprint density at radius 2 is 1.83 bits per heavy atom. The fraction of sp³-hybridized carbons (Fsp3) is 0.294. The molecule has 0 aliphatic heterocycles. The van der Waals surface area contributed by atoms with Gasteiger partial charge in [-0.25, -0.2) is 0 Å². The second kappa shape index (κ2) is 4.10. The number of hydrogen-bond acceptors (Lipinski definition) is 1. The van der Waals surface area contributed by atoms with Crippen molar-refractivity contribution in [1.29, 1.82) is 0 Å². The zero-order valence-corrected chi connectivity index (χ0v) is 12.0. The Balaban J connectivity index is 2.36. The smallest absolute Gasteiger partial charge is 0.0392 e. The predicted octanol–water partition coefficient (Wildman–Crippen LogP) is 5.63. The highest BCUT2D eigenvalue weighted by atomic mass is 32.1. The molecule has 92 valence electrons. The van der Waals surface area contributed by atoms with Crippen molar-refractivity contribution in [3.05, 3.63) is 46.4 Å². The van der Waals surface area contributed by atoms with Crippen molar-refractivity contribution >= 4 is 33.6 Å². The molecule has 18 heavy (non-hydrogen) atoms. The Morgan fingerprint density at radius 1 is 1.06 bits per heavy atom. The van der Waals surface area contributed by atoms with E-state index in [0.717, 1.165) is 6.42 Å². The molecule has 1 aliphatic carbocycles. The number of rotatable bonds is 0. The molecule has 1 aliphatic rings. The minimum atomic E-state index is 0.205. The monoisotopic (exact) mass is 254 g/mol. The normalized spacial score (nSPS) is 14.8. The molecule has 0 spiro atoms. The zero-order valence-electron chi connectivity index (χ0n) is 11.2. The van der Waals surface area contributed by atoms with E-state index in [0.29, 0.717) is 0 Å². The van der Waals surface area contributed by atoms with Crippen LogP contribution >= 0.6 is 11.3 Å². The quantitative estimate of drug-likeness (QED) is 0.571. The van der Waals surface area contributed by atoms with Gasteiger partial charge in [0.15, 0.2) is 0 Å². The summed E-state index contributed by atoms with van der Waals surface area (Å²) in [5.74, 6) is 0. The van der Waals surface area contributed by atoms with Gasteiger partial charge in [-0.1, -0.05) is 57.2 Å². The molecule has 1 aromatic heterocycles. The molecule has 3 rings (SSSR count). The maximum absolute atomic E-state index is 2.29. The molecule has 1 aromatic carbocycles. The average Bonchev–Trinajstić information content (AvgIpc) is 2.51. The summed E-state index contributed by atoms with van der Waals surface area (Å²) in [6, 6.07) is 6.72. The highest BCUT2D eigenvalue weighted by molar-refractivity contribution is 7.20. The number of benzene rings is 1. The lowest BCUT2D eigenvalue weighted by Crippen LogP contribution is -2.10. The third kappa shape index (κ3) is 1.83. The van der Waals surface area contributed by atoms with Gasteiger partial charge in [-0.15, -0.1) is 11.3 Å². The topological polar surface area (TPSA) is 0 Å². The van der Waals surface area contributed by atoms with Gasteiger partial charge in [0.1, 0.15) is 0 Å². The van der Waals surface area contributed by atoms with E-state index in [9.17, 15) is 0 Å². The Labute approximate surface area is 113 Å². The summed E-state index contributed by atoms with van der Waals surface area (Å²) in [7, 11) is 0. The van der Waals surface area contributed by atoms with E-state index in [1.807, 2.05) is 11.3 Å². The van der Waals surface area contributed by atoms with Crippen molar-refractivity contribution in [3.8, 4) is 0 Å². The van der Waals surface area contributed by atoms with Crippen LogP contribution in [0.5, 0.6) is 0 Å². The molecule has 0 saturated carbocycles. The maximum Gasteiger partial charge on any atom is 0.0392 e. The minimum absolute atomic E-state index is 0.205. The van der Waals surface area contributed by atoms with Crippen LogP contribution in [0, 0.1) is 0 Å². The summed E-state index contributed by atoms with van der Waals surface area (Å²) >= 11 is 1.93. The van der Waals surface area contributed by atoms with Gasteiger partial charge in [-0.05, 0) is 29.0 Å². The fourth-order valence-electron chi connectivity index (χ4n) is 2.48. The van der Waals surface area contributed by atoms with Crippen LogP contribution in [0.4, 0.5) is 0 Å². The molecule has 0 radical (unpaired) electrons. The van der Waals surface area contributed by atoms with Crippen molar-refractivity contribution in [2.45, 2.75) is 32.6 Å². The molecule has 0 saturated heterocycles. The molecular weight excluding hydrogens is 236 g/mol. The van der Waals surface area contributed by atoms with Crippen LogP contribution in [0.3, 0.4) is 0 Å². The van der Waals surface area contributed by atoms with Crippen molar-refractivity contribution < 1.29 is 0 Å². The summed E-state index contributed by atoms with van der Waals surface area (Å²) in [6.07, 6.45) is 10.1. The van der Waals surface area contributed by atoms with Gasteiger partial charge in [0.05, 0.1) is 0 Å². The SMILES string of the molecule is CC(C)(C)c1cccc2c3c(sc12)C=CCC=C3. The van der Waals surface area contributed by atoms with Crippen LogP contribution in [-0.2, 0) is 5.41 Å². The van der Waals surface area contributed by atoms with Gasteiger partial charge >= 0.3 is 0 Å². The number of hydrogen-bond donors (Lipinski definition) is 0. The van der Waals surface area contributed by atoms with E-state index in [4.69, 9.17) is 0 Å². The Bertz CT molecular complexity index is 648. The summed E-state index contributed by atoms with van der Waals surface area (Å²) in [4.78, 5) is 1.40. The van der Waals surface area contributed by atoms with Crippen LogP contribution in [0.25, 0.3) is 22.2 Å². The van der Waals surface area contributed by atoms with Crippen LogP contribution in [-0.4, -0.2) is 0 Å². The minimum Gasteiger partial charge on any atom is -0.135 e. The van der Waals surface area contributed by atoms with Gasteiger partial charge < -0.3 is 0 Å². The molecule has 0 atom stereocenters. The molecule has 2 aromatic rings. The largest absolute Gasteiger partial charge is 0.135 e. The highest BCUT2D eigenvalue weighted by Crippen LogP contribution is 2.40. The van der Waals surface area contributed by atoms with E-state index in [2.05, 4.69) is 63.3 Å². The first-order valence-corrected chi connectivity index (χ1v) is 7.28. The second-order valence-electron chi connectivity index (χ2n) is 5.85. The highest BCUT2D eigenvalue weighted by Gasteiger charge is 2.20. The predicted molar refractivity (Wildman–Crippen MR) is 83.2 cm³/mol. The molecule has 0 unspecified atom stereocenters. The van der Waals surface area contributed by atoms with Crippen molar-refractivity contribution in [1.82, 2.24) is 0 Å². The molecule has 1 heterocycles. The molecule has 0 amide bonds. The van der Waals surface area contributed by atoms with Gasteiger partial charge in [0, 0.05) is 15.0 Å². The van der Waals surface area contributed by atoms with E-state index in [1.165, 1.54) is 26.1 Å². The number of thiophene rings is 1. The lowest BCUT2D eigenvalue weighted by molar-refractivity contribution is 0.597. The van der Waals surface area contributed by atoms with Gasteiger partial charge in [0.2, 0.25) is 0 Å². The van der Waals surface area contributed by atoms with Crippen LogP contribution in [0.2, 0.25) is 0 Å². The fourth-order valence-corrected chi connectivity index (χ4v) is 3.93. The Morgan fingerprint density at radius 3 is 2.61 bits per heavy atom. The third-order valence-corrected chi connectivity index (χ3v) is 4.64. The van der Waals surface area contributed by atoms with Crippen molar-refractivity contribution in [3.63, 3.8) is 0 Å². The standard InChI is InChI=1S/C17H18S/c1-17(2,3)14-10-7-9-13-12-8-5-4-6-11-15(12)18-16(13)14/h5-11H,4H2,1-3H3.